The Balaban J connectivity index is 1.47. The Morgan fingerprint density at radius 2 is 1.79 bits per heavy atom. The molecule has 7 heteroatoms. The standard InChI is InChI=1S/C27H24N4O3/c1-27(2)13-19(32)23-20(14-27)34-26-24(22(23)17-9-5-3-6-10-17)25-29-21(30-31(25)16-28-26)15-33-18-11-7-4-8-12-18/h3-12,16,22H,13-15H2,1-2H3. The van der Waals surface area contributed by atoms with Crippen molar-refractivity contribution in [3.05, 3.63) is 95.3 Å². The lowest BCUT2D eigenvalue weighted by atomic mass is 9.70. The first kappa shape index (κ1) is 20.6. The molecular weight excluding hydrogens is 428 g/mol. The molecule has 2 aromatic carbocycles. The van der Waals surface area contributed by atoms with Gasteiger partial charge in [0.05, 0.1) is 5.56 Å². The number of para-hydroxylation sites is 1. The second-order valence-corrected chi connectivity index (χ2v) is 9.58. The summed E-state index contributed by atoms with van der Waals surface area (Å²) in [6.07, 6.45) is 2.77. The molecule has 0 bridgehead atoms. The van der Waals surface area contributed by atoms with Crippen LogP contribution >= 0.6 is 0 Å². The summed E-state index contributed by atoms with van der Waals surface area (Å²) in [6, 6.07) is 19.6. The van der Waals surface area contributed by atoms with E-state index in [4.69, 9.17) is 14.5 Å². The predicted octanol–water partition coefficient (Wildman–Crippen LogP) is 4.87. The molecule has 1 unspecified atom stereocenters. The molecule has 6 rings (SSSR count). The third-order valence-electron chi connectivity index (χ3n) is 6.35. The van der Waals surface area contributed by atoms with Crippen LogP contribution in [0.15, 0.2) is 78.3 Å². The minimum Gasteiger partial charge on any atom is -0.486 e. The lowest BCUT2D eigenvalue weighted by Gasteiger charge is -2.37. The van der Waals surface area contributed by atoms with E-state index in [-0.39, 0.29) is 23.7 Å². The molecule has 0 amide bonds. The molecule has 3 heterocycles. The van der Waals surface area contributed by atoms with Crippen LogP contribution in [0.4, 0.5) is 0 Å². The second kappa shape index (κ2) is 7.80. The zero-order valence-corrected chi connectivity index (χ0v) is 19.1. The number of aromatic nitrogens is 4. The van der Waals surface area contributed by atoms with Crippen molar-refractivity contribution in [3.8, 4) is 11.6 Å². The SMILES string of the molecule is CC1(C)CC(=O)C2=C(C1)Oc1ncn3nc(COc4ccccc4)nc3c1C2c1ccccc1. The van der Waals surface area contributed by atoms with E-state index < -0.39 is 0 Å². The smallest absolute Gasteiger partial charge is 0.228 e. The lowest BCUT2D eigenvalue weighted by Crippen LogP contribution is -2.33. The van der Waals surface area contributed by atoms with E-state index >= 15 is 0 Å². The third kappa shape index (κ3) is 3.53. The topological polar surface area (TPSA) is 78.6 Å². The van der Waals surface area contributed by atoms with Gasteiger partial charge in [-0.1, -0.05) is 62.4 Å². The normalized spacial score (nSPS) is 18.9. The number of hydrogen-bond acceptors (Lipinski definition) is 6. The molecule has 7 nitrogen and oxygen atoms in total. The third-order valence-corrected chi connectivity index (χ3v) is 6.35. The van der Waals surface area contributed by atoms with Gasteiger partial charge in [-0.3, -0.25) is 4.79 Å². The van der Waals surface area contributed by atoms with Crippen LogP contribution in [0.25, 0.3) is 5.65 Å². The minimum absolute atomic E-state index is 0.111. The monoisotopic (exact) mass is 452 g/mol. The van der Waals surface area contributed by atoms with Crippen molar-refractivity contribution in [2.75, 3.05) is 0 Å². The van der Waals surface area contributed by atoms with E-state index in [2.05, 4.69) is 23.9 Å². The highest BCUT2D eigenvalue weighted by Crippen LogP contribution is 2.50. The van der Waals surface area contributed by atoms with E-state index in [1.807, 2.05) is 60.7 Å². The highest BCUT2D eigenvalue weighted by Gasteiger charge is 2.43. The van der Waals surface area contributed by atoms with E-state index in [0.717, 1.165) is 16.9 Å². The molecule has 0 N–H and O–H groups in total. The van der Waals surface area contributed by atoms with E-state index in [0.29, 0.717) is 41.5 Å². The average molecular weight is 453 g/mol. The Kier molecular flexibility index (Phi) is 4.72. The number of nitrogens with zero attached hydrogens (tertiary/aromatic N) is 4. The van der Waals surface area contributed by atoms with Crippen LogP contribution < -0.4 is 9.47 Å². The van der Waals surface area contributed by atoms with Crippen LogP contribution in [-0.2, 0) is 11.4 Å². The fourth-order valence-corrected chi connectivity index (χ4v) is 4.89. The number of rotatable bonds is 4. The van der Waals surface area contributed by atoms with Gasteiger partial charge in [0.1, 0.15) is 24.4 Å². The summed E-state index contributed by atoms with van der Waals surface area (Å²) < 4.78 is 13.8. The van der Waals surface area contributed by atoms with Gasteiger partial charge in [0.2, 0.25) is 5.88 Å². The Labute approximate surface area is 197 Å². The molecule has 1 aliphatic heterocycles. The summed E-state index contributed by atoms with van der Waals surface area (Å²) in [5, 5.41) is 4.57. The van der Waals surface area contributed by atoms with E-state index in [9.17, 15) is 4.79 Å². The maximum Gasteiger partial charge on any atom is 0.228 e. The van der Waals surface area contributed by atoms with E-state index in [1.165, 1.54) is 0 Å². The largest absolute Gasteiger partial charge is 0.486 e. The van der Waals surface area contributed by atoms with Gasteiger partial charge in [-0.2, -0.15) is 0 Å². The number of fused-ring (bicyclic) bond motifs is 3. The predicted molar refractivity (Wildman–Crippen MR) is 126 cm³/mol. The minimum atomic E-state index is -0.313. The van der Waals surface area contributed by atoms with Crippen molar-refractivity contribution in [1.29, 1.82) is 0 Å². The Morgan fingerprint density at radius 1 is 1.06 bits per heavy atom. The second-order valence-electron chi connectivity index (χ2n) is 9.58. The first-order chi connectivity index (χ1) is 16.5. The van der Waals surface area contributed by atoms with Crippen LogP contribution in [0, 0.1) is 5.41 Å². The van der Waals surface area contributed by atoms with Crippen LogP contribution in [0.1, 0.15) is 49.6 Å². The number of benzene rings is 2. The Bertz CT molecular complexity index is 1420. The van der Waals surface area contributed by atoms with Gasteiger partial charge in [0.15, 0.2) is 17.3 Å². The summed E-state index contributed by atoms with van der Waals surface area (Å²) in [5.74, 6) is 2.27. The molecule has 0 saturated heterocycles. The molecule has 4 aromatic rings. The highest BCUT2D eigenvalue weighted by atomic mass is 16.5. The maximum atomic E-state index is 13.4. The molecular formula is C27H24N4O3. The van der Waals surface area contributed by atoms with Crippen LogP contribution in [0.5, 0.6) is 11.6 Å². The first-order valence-corrected chi connectivity index (χ1v) is 11.4. The van der Waals surface area contributed by atoms with Crippen LogP contribution in [0.2, 0.25) is 0 Å². The maximum absolute atomic E-state index is 13.4. The summed E-state index contributed by atoms with van der Waals surface area (Å²) in [6.45, 7) is 4.41. The molecule has 2 aromatic heterocycles. The zero-order chi connectivity index (χ0) is 23.3. The molecule has 1 atom stereocenters. The van der Waals surface area contributed by atoms with Crippen LogP contribution in [-0.4, -0.2) is 25.4 Å². The summed E-state index contributed by atoms with van der Waals surface area (Å²) in [7, 11) is 0. The van der Waals surface area contributed by atoms with Crippen molar-refractivity contribution < 1.29 is 14.3 Å². The van der Waals surface area contributed by atoms with Gasteiger partial charge < -0.3 is 9.47 Å². The van der Waals surface area contributed by atoms with Gasteiger partial charge in [-0.15, -0.1) is 5.10 Å². The molecule has 0 spiro atoms. The van der Waals surface area contributed by atoms with Crippen molar-refractivity contribution in [1.82, 2.24) is 19.6 Å². The first-order valence-electron chi connectivity index (χ1n) is 11.4. The number of hydrogen-bond donors (Lipinski definition) is 0. The van der Waals surface area contributed by atoms with Gasteiger partial charge >= 0.3 is 0 Å². The molecule has 170 valence electrons. The highest BCUT2D eigenvalue weighted by molar-refractivity contribution is 6.00. The fraction of sp³-hybridized carbons (Fsp3) is 0.259. The van der Waals surface area contributed by atoms with Gasteiger partial charge in [0, 0.05) is 24.3 Å². The zero-order valence-electron chi connectivity index (χ0n) is 19.1. The summed E-state index contributed by atoms with van der Waals surface area (Å²) in [5.41, 5.74) is 2.94. The molecule has 0 saturated carbocycles. The van der Waals surface area contributed by atoms with Crippen molar-refractivity contribution in [3.63, 3.8) is 0 Å². The van der Waals surface area contributed by atoms with Gasteiger partial charge in [-0.25, -0.2) is 14.5 Å². The molecule has 0 fully saturated rings. The van der Waals surface area contributed by atoms with Gasteiger partial charge in [-0.05, 0) is 23.1 Å². The number of Topliss-reactive ketones (excluding diaryl/α,β-unsaturated/α-hetero) is 1. The number of ketones is 1. The van der Waals surface area contributed by atoms with Gasteiger partial charge in [0.25, 0.3) is 0 Å². The summed E-state index contributed by atoms with van der Waals surface area (Å²) >= 11 is 0. The quantitative estimate of drug-likeness (QED) is 0.440. The Morgan fingerprint density at radius 3 is 2.56 bits per heavy atom. The Hall–Kier alpha value is -4.00. The summed E-state index contributed by atoms with van der Waals surface area (Å²) in [4.78, 5) is 22.8. The average Bonchev–Trinajstić information content (AvgIpc) is 3.25. The van der Waals surface area contributed by atoms with E-state index in [1.54, 1.807) is 10.8 Å². The molecule has 2 aliphatic rings. The fourth-order valence-electron chi connectivity index (χ4n) is 4.89. The molecule has 34 heavy (non-hydrogen) atoms. The lowest BCUT2D eigenvalue weighted by molar-refractivity contribution is -0.118. The number of allylic oxidation sites excluding steroid dienone is 2. The van der Waals surface area contributed by atoms with Crippen molar-refractivity contribution in [2.24, 2.45) is 5.41 Å². The van der Waals surface area contributed by atoms with Crippen molar-refractivity contribution in [2.45, 2.75) is 39.2 Å². The van der Waals surface area contributed by atoms with Crippen molar-refractivity contribution >= 4 is 11.4 Å². The number of carbonyl (C=O) groups excluding carboxylic acids is 1. The molecule has 0 radical (unpaired) electrons. The number of carbonyl (C=O) groups is 1. The van der Waals surface area contributed by atoms with Crippen LogP contribution in [0.3, 0.4) is 0 Å². The molecule has 1 aliphatic carbocycles. The number of ether oxygens (including phenoxy) is 2.